The molecule has 1 aromatic heterocycles. The minimum atomic E-state index is -4.91. The van der Waals surface area contributed by atoms with Crippen molar-refractivity contribution in [2.75, 3.05) is 0 Å². The summed E-state index contributed by atoms with van der Waals surface area (Å²) in [6.45, 7) is 0. The number of rotatable bonds is 3. The summed E-state index contributed by atoms with van der Waals surface area (Å²) >= 11 is 3.02. The highest BCUT2D eigenvalue weighted by atomic mass is 79.9. The Balaban J connectivity index is 3.20. The van der Waals surface area contributed by atoms with Crippen molar-refractivity contribution < 1.29 is 23.0 Å². The van der Waals surface area contributed by atoms with Crippen LogP contribution in [0.1, 0.15) is 11.4 Å². The third kappa shape index (κ3) is 3.78. The monoisotopic (exact) mass is 310 g/mol. The van der Waals surface area contributed by atoms with Gasteiger partial charge in [0.05, 0.1) is 18.2 Å². The highest BCUT2D eigenvalue weighted by molar-refractivity contribution is 9.08. The molecule has 1 rings (SSSR count). The van der Waals surface area contributed by atoms with Gasteiger partial charge in [0.1, 0.15) is 5.69 Å². The second kappa shape index (κ2) is 5.23. The number of nitrogens with zero attached hydrogens (tertiary/aromatic N) is 2. The first-order valence-electron chi connectivity index (χ1n) is 4.27. The lowest BCUT2D eigenvalue weighted by atomic mass is 10.2. The quantitative estimate of drug-likeness (QED) is 0.872. The van der Waals surface area contributed by atoms with Crippen molar-refractivity contribution in [3.63, 3.8) is 0 Å². The van der Waals surface area contributed by atoms with Crippen LogP contribution in [0.15, 0.2) is 6.07 Å². The Labute approximate surface area is 103 Å². The smallest absolute Gasteiger partial charge is 0.503 e. The molecule has 8 heteroatoms. The van der Waals surface area contributed by atoms with Gasteiger partial charge in [0.25, 0.3) is 0 Å². The van der Waals surface area contributed by atoms with E-state index in [1.165, 1.54) is 0 Å². The maximum Gasteiger partial charge on any atom is 0.573 e. The molecule has 0 spiro atoms. The van der Waals surface area contributed by atoms with E-state index >= 15 is 0 Å². The van der Waals surface area contributed by atoms with Crippen molar-refractivity contribution in [2.24, 2.45) is 0 Å². The number of hydrogen-bond donors (Lipinski definition) is 1. The molecule has 1 heterocycles. The Kier molecular flexibility index (Phi) is 4.17. The van der Waals surface area contributed by atoms with Crippen LogP contribution in [0.25, 0.3) is 0 Å². The SMILES string of the molecule is N#CCc1nc(CBr)cc(OC(F)(F)F)c1O. The lowest BCUT2D eigenvalue weighted by Crippen LogP contribution is -2.17. The minimum absolute atomic E-state index is 0.149. The average molecular weight is 311 g/mol. The molecule has 0 aliphatic rings. The number of pyridine rings is 1. The number of nitriles is 1. The van der Waals surface area contributed by atoms with Crippen LogP contribution in [0, 0.1) is 11.3 Å². The van der Waals surface area contributed by atoms with Gasteiger partial charge in [-0.1, -0.05) is 15.9 Å². The molecule has 1 N–H and O–H groups in total. The molecule has 0 atom stereocenters. The predicted molar refractivity (Wildman–Crippen MR) is 54.5 cm³/mol. The van der Waals surface area contributed by atoms with E-state index in [1.54, 1.807) is 6.07 Å². The number of halogens is 4. The lowest BCUT2D eigenvalue weighted by molar-refractivity contribution is -0.275. The van der Waals surface area contributed by atoms with Crippen LogP contribution >= 0.6 is 15.9 Å². The van der Waals surface area contributed by atoms with E-state index < -0.39 is 17.9 Å². The molecule has 4 nitrogen and oxygen atoms in total. The highest BCUT2D eigenvalue weighted by Crippen LogP contribution is 2.34. The van der Waals surface area contributed by atoms with Gasteiger partial charge in [0.2, 0.25) is 0 Å². The molecule has 0 fully saturated rings. The van der Waals surface area contributed by atoms with Crippen molar-refractivity contribution >= 4 is 15.9 Å². The second-order valence-corrected chi connectivity index (χ2v) is 3.48. The summed E-state index contributed by atoms with van der Waals surface area (Å²) in [5.74, 6) is -1.53. The molecule has 0 aromatic carbocycles. The molecule has 0 bridgehead atoms. The Hall–Kier alpha value is -1.49. The third-order valence-electron chi connectivity index (χ3n) is 1.69. The molecular weight excluding hydrogens is 305 g/mol. The summed E-state index contributed by atoms with van der Waals surface area (Å²) in [4.78, 5) is 3.80. The van der Waals surface area contributed by atoms with Crippen LogP contribution < -0.4 is 4.74 Å². The standard InChI is InChI=1S/C9H6BrF3N2O2/c10-4-5-3-7(17-9(11,12)13)8(16)6(15-5)1-2-14/h3,16H,1,4H2. The molecule has 0 aliphatic carbocycles. The third-order valence-corrected chi connectivity index (χ3v) is 2.27. The van der Waals surface area contributed by atoms with Gasteiger partial charge in [-0.2, -0.15) is 5.26 Å². The largest absolute Gasteiger partial charge is 0.573 e. The fourth-order valence-electron chi connectivity index (χ4n) is 1.09. The van der Waals surface area contributed by atoms with Crippen LogP contribution in [-0.2, 0) is 11.8 Å². The summed E-state index contributed by atoms with van der Waals surface area (Å²) in [5.41, 5.74) is 0.0796. The Morgan fingerprint density at radius 1 is 1.53 bits per heavy atom. The van der Waals surface area contributed by atoms with E-state index in [0.717, 1.165) is 6.07 Å². The van der Waals surface area contributed by atoms with E-state index in [2.05, 4.69) is 25.7 Å². The van der Waals surface area contributed by atoms with E-state index in [-0.39, 0.29) is 23.1 Å². The van der Waals surface area contributed by atoms with Gasteiger partial charge >= 0.3 is 6.36 Å². The summed E-state index contributed by atoms with van der Waals surface area (Å²) < 4.78 is 39.8. The molecule has 0 aliphatic heterocycles. The zero-order valence-electron chi connectivity index (χ0n) is 8.25. The van der Waals surface area contributed by atoms with Crippen LogP contribution in [-0.4, -0.2) is 16.5 Å². The van der Waals surface area contributed by atoms with Crippen molar-refractivity contribution in [3.05, 3.63) is 17.5 Å². The fourth-order valence-corrected chi connectivity index (χ4v) is 1.38. The molecule has 0 radical (unpaired) electrons. The van der Waals surface area contributed by atoms with Crippen LogP contribution in [0.4, 0.5) is 13.2 Å². The molecule has 0 unspecified atom stereocenters. The molecule has 92 valence electrons. The zero-order valence-corrected chi connectivity index (χ0v) is 9.84. The Morgan fingerprint density at radius 2 is 2.18 bits per heavy atom. The van der Waals surface area contributed by atoms with Crippen LogP contribution in [0.2, 0.25) is 0 Å². The van der Waals surface area contributed by atoms with Crippen molar-refractivity contribution in [1.82, 2.24) is 4.98 Å². The normalized spacial score (nSPS) is 11.0. The number of alkyl halides is 4. The van der Waals surface area contributed by atoms with E-state index in [0.29, 0.717) is 0 Å². The van der Waals surface area contributed by atoms with Gasteiger partial charge < -0.3 is 9.84 Å². The maximum atomic E-state index is 12.0. The van der Waals surface area contributed by atoms with Gasteiger partial charge in [-0.05, 0) is 0 Å². The molecule has 0 saturated heterocycles. The number of aromatic hydroxyl groups is 1. The minimum Gasteiger partial charge on any atom is -0.503 e. The molecular formula is C9H6BrF3N2O2. The average Bonchev–Trinajstić information content (AvgIpc) is 2.22. The Bertz CT molecular complexity index is 457. The van der Waals surface area contributed by atoms with Gasteiger partial charge in [0, 0.05) is 11.4 Å². The lowest BCUT2D eigenvalue weighted by Gasteiger charge is -2.12. The first kappa shape index (κ1) is 13.6. The topological polar surface area (TPSA) is 66.1 Å². The van der Waals surface area contributed by atoms with Crippen molar-refractivity contribution in [3.8, 4) is 17.6 Å². The second-order valence-electron chi connectivity index (χ2n) is 2.92. The number of ether oxygens (including phenoxy) is 1. The van der Waals surface area contributed by atoms with E-state index in [9.17, 15) is 18.3 Å². The summed E-state index contributed by atoms with van der Waals surface area (Å²) in [6, 6.07) is 2.65. The first-order chi connectivity index (χ1) is 7.87. The molecule has 0 amide bonds. The number of hydrogen-bond acceptors (Lipinski definition) is 4. The van der Waals surface area contributed by atoms with Crippen molar-refractivity contribution in [1.29, 1.82) is 5.26 Å². The molecule has 0 saturated carbocycles. The van der Waals surface area contributed by atoms with Gasteiger partial charge in [0.15, 0.2) is 11.5 Å². The maximum absolute atomic E-state index is 12.0. The van der Waals surface area contributed by atoms with E-state index in [1.807, 2.05) is 0 Å². The van der Waals surface area contributed by atoms with E-state index in [4.69, 9.17) is 5.26 Å². The Morgan fingerprint density at radius 3 is 2.65 bits per heavy atom. The zero-order chi connectivity index (χ0) is 13.1. The summed E-state index contributed by atoms with van der Waals surface area (Å²) in [5, 5.41) is 18.1. The summed E-state index contributed by atoms with van der Waals surface area (Å²) in [6.07, 6.45) is -5.22. The molecule has 1 aromatic rings. The number of aromatic nitrogens is 1. The summed E-state index contributed by atoms with van der Waals surface area (Å²) in [7, 11) is 0. The highest BCUT2D eigenvalue weighted by Gasteiger charge is 2.33. The van der Waals surface area contributed by atoms with Gasteiger partial charge in [-0.15, -0.1) is 13.2 Å². The van der Waals surface area contributed by atoms with Crippen molar-refractivity contribution in [2.45, 2.75) is 18.1 Å². The predicted octanol–water partition coefficient (Wildman–Crippen LogP) is 2.65. The molecule has 17 heavy (non-hydrogen) atoms. The van der Waals surface area contributed by atoms with Gasteiger partial charge in [-0.25, -0.2) is 0 Å². The fraction of sp³-hybridized carbons (Fsp3) is 0.333. The van der Waals surface area contributed by atoms with Crippen LogP contribution in [0.3, 0.4) is 0 Å². The van der Waals surface area contributed by atoms with Crippen LogP contribution in [0.5, 0.6) is 11.5 Å². The first-order valence-corrected chi connectivity index (χ1v) is 5.40. The van der Waals surface area contributed by atoms with Gasteiger partial charge in [-0.3, -0.25) is 4.98 Å².